The predicted octanol–water partition coefficient (Wildman–Crippen LogP) is 3.32. The highest BCUT2D eigenvalue weighted by atomic mass is 19.1. The number of rotatable bonds is 3. The lowest BCUT2D eigenvalue weighted by Gasteiger charge is -2.28. The number of nitrogens with zero attached hydrogens (tertiary/aromatic N) is 3. The van der Waals surface area contributed by atoms with E-state index in [0.29, 0.717) is 12.3 Å². The summed E-state index contributed by atoms with van der Waals surface area (Å²) in [6.45, 7) is 0. The lowest BCUT2D eigenvalue weighted by molar-refractivity contribution is 0.0682. The van der Waals surface area contributed by atoms with E-state index in [9.17, 15) is 9.50 Å². The number of fused-ring (bicyclic) bond motifs is 3. The number of aliphatic hydroxyl groups excluding tert-OH is 1. The first-order valence-electron chi connectivity index (χ1n) is 8.11. The molecule has 4 nitrogen and oxygen atoms in total. The van der Waals surface area contributed by atoms with Crippen LogP contribution in [-0.2, 0) is 0 Å². The van der Waals surface area contributed by atoms with Crippen LogP contribution in [0, 0.1) is 11.9 Å². The van der Waals surface area contributed by atoms with Crippen LogP contribution in [0.15, 0.2) is 24.7 Å². The van der Waals surface area contributed by atoms with E-state index in [-0.39, 0.29) is 12.1 Å². The van der Waals surface area contributed by atoms with Gasteiger partial charge in [0.05, 0.1) is 36.1 Å². The van der Waals surface area contributed by atoms with Gasteiger partial charge in [0, 0.05) is 12.0 Å². The van der Waals surface area contributed by atoms with Crippen molar-refractivity contribution in [2.75, 3.05) is 0 Å². The molecule has 1 fully saturated rings. The van der Waals surface area contributed by atoms with Crippen molar-refractivity contribution in [1.82, 2.24) is 14.5 Å². The Morgan fingerprint density at radius 2 is 2.09 bits per heavy atom. The van der Waals surface area contributed by atoms with Crippen LogP contribution in [-0.4, -0.2) is 25.7 Å². The zero-order valence-corrected chi connectivity index (χ0v) is 12.5. The molecule has 1 aliphatic heterocycles. The Labute approximate surface area is 129 Å². The molecule has 4 rings (SSSR count). The van der Waals surface area contributed by atoms with Crippen LogP contribution >= 0.6 is 0 Å². The van der Waals surface area contributed by atoms with E-state index in [2.05, 4.69) is 9.97 Å². The fourth-order valence-corrected chi connectivity index (χ4v) is 3.98. The number of hydrogen-bond donors (Lipinski definition) is 1. The van der Waals surface area contributed by atoms with Crippen molar-refractivity contribution < 1.29 is 9.50 Å². The second-order valence-electron chi connectivity index (χ2n) is 6.47. The maximum absolute atomic E-state index is 13.6. The number of halogens is 1. The van der Waals surface area contributed by atoms with Gasteiger partial charge in [0.2, 0.25) is 5.95 Å². The first-order chi connectivity index (χ1) is 10.7. The molecule has 0 spiro atoms. The molecule has 0 radical (unpaired) electrons. The smallest absolute Gasteiger partial charge is 0.213 e. The Balaban J connectivity index is 1.63. The van der Waals surface area contributed by atoms with E-state index < -0.39 is 5.95 Å². The highest BCUT2D eigenvalue weighted by Gasteiger charge is 2.34. The van der Waals surface area contributed by atoms with Crippen molar-refractivity contribution in [2.24, 2.45) is 5.92 Å². The normalized spacial score (nSPS) is 22.4. The van der Waals surface area contributed by atoms with Gasteiger partial charge in [0.1, 0.15) is 0 Å². The molecule has 2 aromatic rings. The number of imidazole rings is 1. The molecule has 2 unspecified atom stereocenters. The quantitative estimate of drug-likeness (QED) is 0.885. The first kappa shape index (κ1) is 13.9. The van der Waals surface area contributed by atoms with Crippen molar-refractivity contribution in [3.05, 3.63) is 36.3 Å². The Morgan fingerprint density at radius 1 is 1.27 bits per heavy atom. The fourth-order valence-electron chi connectivity index (χ4n) is 3.98. The summed E-state index contributed by atoms with van der Waals surface area (Å²) in [5.41, 5.74) is 2.62. The molecule has 1 saturated carbocycles. The van der Waals surface area contributed by atoms with Crippen molar-refractivity contribution in [1.29, 1.82) is 0 Å². The number of pyridine rings is 1. The molecular weight excluding hydrogens is 281 g/mol. The maximum Gasteiger partial charge on any atom is 0.213 e. The molecule has 116 valence electrons. The second kappa shape index (κ2) is 5.47. The highest BCUT2D eigenvalue weighted by molar-refractivity contribution is 5.66. The average Bonchev–Trinajstić information content (AvgIpc) is 3.11. The maximum atomic E-state index is 13.6. The van der Waals surface area contributed by atoms with Gasteiger partial charge in [-0.05, 0) is 30.9 Å². The van der Waals surface area contributed by atoms with Crippen LogP contribution in [0.25, 0.3) is 11.3 Å². The Bertz CT molecular complexity index is 678. The number of aromatic nitrogens is 3. The SMILES string of the molecule is OC(CC1c2nc(F)ccc2-c2cncn21)C1CCCCC1. The zero-order valence-electron chi connectivity index (χ0n) is 12.5. The summed E-state index contributed by atoms with van der Waals surface area (Å²) in [4.78, 5) is 8.29. The monoisotopic (exact) mass is 301 g/mol. The van der Waals surface area contributed by atoms with Crippen LogP contribution in [0.3, 0.4) is 0 Å². The van der Waals surface area contributed by atoms with Crippen LogP contribution in [0.4, 0.5) is 4.39 Å². The predicted molar refractivity (Wildman–Crippen MR) is 80.8 cm³/mol. The van der Waals surface area contributed by atoms with Crippen molar-refractivity contribution in [3.8, 4) is 11.3 Å². The third-order valence-electron chi connectivity index (χ3n) is 5.14. The van der Waals surface area contributed by atoms with E-state index >= 15 is 0 Å². The molecule has 0 aromatic carbocycles. The minimum atomic E-state index is -0.463. The molecule has 0 bridgehead atoms. The zero-order chi connectivity index (χ0) is 15.1. The van der Waals surface area contributed by atoms with Gasteiger partial charge in [-0.25, -0.2) is 9.97 Å². The molecule has 22 heavy (non-hydrogen) atoms. The molecule has 1 aliphatic carbocycles. The van der Waals surface area contributed by atoms with Gasteiger partial charge in [-0.15, -0.1) is 0 Å². The minimum absolute atomic E-state index is 0.111. The van der Waals surface area contributed by atoms with E-state index in [1.54, 1.807) is 18.6 Å². The second-order valence-corrected chi connectivity index (χ2v) is 6.47. The standard InChI is InChI=1S/C17H20FN3O/c18-16-7-6-12-14-9-19-10-21(14)13(17(12)20-16)8-15(22)11-4-2-1-3-5-11/h6-7,9-11,13,15,22H,1-5,8H2. The van der Waals surface area contributed by atoms with E-state index in [1.807, 2.05) is 4.57 Å². The van der Waals surface area contributed by atoms with Gasteiger partial charge in [-0.2, -0.15) is 4.39 Å². The van der Waals surface area contributed by atoms with Gasteiger partial charge < -0.3 is 9.67 Å². The molecule has 1 N–H and O–H groups in total. The van der Waals surface area contributed by atoms with E-state index in [4.69, 9.17) is 0 Å². The van der Waals surface area contributed by atoms with Crippen LogP contribution in [0.2, 0.25) is 0 Å². The molecule has 0 saturated heterocycles. The lowest BCUT2D eigenvalue weighted by Crippen LogP contribution is -2.26. The van der Waals surface area contributed by atoms with Crippen molar-refractivity contribution >= 4 is 0 Å². The van der Waals surface area contributed by atoms with Crippen LogP contribution < -0.4 is 0 Å². The van der Waals surface area contributed by atoms with Crippen molar-refractivity contribution in [2.45, 2.75) is 50.7 Å². The Hall–Kier alpha value is -1.75. The summed E-state index contributed by atoms with van der Waals surface area (Å²) in [5.74, 6) is -0.104. The number of hydrogen-bond acceptors (Lipinski definition) is 3. The Kier molecular flexibility index (Phi) is 3.45. The highest BCUT2D eigenvalue weighted by Crippen LogP contribution is 2.41. The molecule has 5 heteroatoms. The minimum Gasteiger partial charge on any atom is -0.393 e. The molecule has 3 heterocycles. The summed E-state index contributed by atoms with van der Waals surface area (Å²) < 4.78 is 15.6. The van der Waals surface area contributed by atoms with Crippen molar-refractivity contribution in [3.63, 3.8) is 0 Å². The molecular formula is C17H20FN3O. The Morgan fingerprint density at radius 3 is 2.91 bits per heavy atom. The van der Waals surface area contributed by atoms with Gasteiger partial charge >= 0.3 is 0 Å². The summed E-state index contributed by atoms with van der Waals surface area (Å²) in [6.07, 6.45) is 9.61. The topological polar surface area (TPSA) is 50.9 Å². The average molecular weight is 301 g/mol. The third kappa shape index (κ3) is 2.24. The van der Waals surface area contributed by atoms with Crippen LogP contribution in [0.5, 0.6) is 0 Å². The first-order valence-corrected chi connectivity index (χ1v) is 8.11. The lowest BCUT2D eigenvalue weighted by atomic mass is 9.83. The fraction of sp³-hybridized carbons (Fsp3) is 0.529. The molecule has 0 amide bonds. The summed E-state index contributed by atoms with van der Waals surface area (Å²) in [6, 6.07) is 3.04. The summed E-state index contributed by atoms with van der Waals surface area (Å²) in [5, 5.41) is 10.6. The molecule has 2 aromatic heterocycles. The van der Waals surface area contributed by atoms with Gasteiger partial charge in [-0.3, -0.25) is 0 Å². The van der Waals surface area contributed by atoms with Crippen LogP contribution in [0.1, 0.15) is 50.3 Å². The van der Waals surface area contributed by atoms with E-state index in [0.717, 1.165) is 29.8 Å². The molecule has 2 atom stereocenters. The van der Waals surface area contributed by atoms with Gasteiger partial charge in [0.25, 0.3) is 0 Å². The third-order valence-corrected chi connectivity index (χ3v) is 5.14. The van der Waals surface area contributed by atoms with Gasteiger partial charge in [0.15, 0.2) is 0 Å². The molecule has 2 aliphatic rings. The van der Waals surface area contributed by atoms with E-state index in [1.165, 1.54) is 25.3 Å². The van der Waals surface area contributed by atoms with Gasteiger partial charge in [-0.1, -0.05) is 19.3 Å². The largest absolute Gasteiger partial charge is 0.393 e. The summed E-state index contributed by atoms with van der Waals surface area (Å²) in [7, 11) is 0. The summed E-state index contributed by atoms with van der Waals surface area (Å²) >= 11 is 0. The number of aliphatic hydroxyl groups is 1.